The SMILES string of the molecule is CCC(=O)c1ccc(N(C)CC(C)(C)O)cc1. The van der Waals surface area contributed by atoms with E-state index in [2.05, 4.69) is 0 Å². The van der Waals surface area contributed by atoms with Crippen molar-refractivity contribution in [1.29, 1.82) is 0 Å². The monoisotopic (exact) mass is 235 g/mol. The number of benzene rings is 1. The lowest BCUT2D eigenvalue weighted by Crippen LogP contribution is -2.36. The van der Waals surface area contributed by atoms with Crippen LogP contribution in [0.15, 0.2) is 24.3 Å². The molecule has 0 unspecified atom stereocenters. The summed E-state index contributed by atoms with van der Waals surface area (Å²) in [6.07, 6.45) is 0.527. The van der Waals surface area contributed by atoms with Crippen LogP contribution in [0.5, 0.6) is 0 Å². The predicted octanol–water partition coefficient (Wildman–Crippen LogP) is 2.49. The van der Waals surface area contributed by atoms with Gasteiger partial charge >= 0.3 is 0 Å². The van der Waals surface area contributed by atoms with Gasteiger partial charge < -0.3 is 10.0 Å². The first-order chi connectivity index (χ1) is 7.83. The first kappa shape index (κ1) is 13.7. The van der Waals surface area contributed by atoms with Crippen molar-refractivity contribution in [3.63, 3.8) is 0 Å². The second-order valence-electron chi connectivity index (χ2n) is 4.99. The molecule has 0 aromatic heterocycles. The highest BCUT2D eigenvalue weighted by Crippen LogP contribution is 2.17. The largest absolute Gasteiger partial charge is 0.389 e. The number of hydrogen-bond donors (Lipinski definition) is 1. The van der Waals surface area contributed by atoms with E-state index in [-0.39, 0.29) is 5.78 Å². The summed E-state index contributed by atoms with van der Waals surface area (Å²) in [6.45, 7) is 5.96. The van der Waals surface area contributed by atoms with E-state index >= 15 is 0 Å². The number of ketones is 1. The number of likely N-dealkylation sites (N-methyl/N-ethyl adjacent to an activating group) is 1. The third kappa shape index (κ3) is 4.19. The number of rotatable bonds is 5. The van der Waals surface area contributed by atoms with Crippen LogP contribution >= 0.6 is 0 Å². The minimum Gasteiger partial charge on any atom is -0.389 e. The molecule has 0 fully saturated rings. The first-order valence-corrected chi connectivity index (χ1v) is 5.90. The third-order valence-corrected chi connectivity index (χ3v) is 2.58. The Kier molecular flexibility index (Phi) is 4.29. The summed E-state index contributed by atoms with van der Waals surface area (Å²) in [4.78, 5) is 13.4. The van der Waals surface area contributed by atoms with Crippen LogP contribution in [0.25, 0.3) is 0 Å². The Labute approximate surface area is 103 Å². The molecule has 1 rings (SSSR count). The number of anilines is 1. The normalized spacial score (nSPS) is 11.4. The number of carbonyl (C=O) groups is 1. The second kappa shape index (κ2) is 5.32. The van der Waals surface area contributed by atoms with Crippen molar-refractivity contribution in [3.05, 3.63) is 29.8 Å². The van der Waals surface area contributed by atoms with Crippen molar-refractivity contribution >= 4 is 11.5 Å². The van der Waals surface area contributed by atoms with E-state index < -0.39 is 5.60 Å². The molecule has 0 saturated heterocycles. The van der Waals surface area contributed by atoms with Gasteiger partial charge in [0.25, 0.3) is 0 Å². The van der Waals surface area contributed by atoms with E-state index in [9.17, 15) is 9.90 Å². The molecule has 0 aliphatic heterocycles. The maximum atomic E-state index is 11.5. The Morgan fingerprint density at radius 2 is 1.82 bits per heavy atom. The third-order valence-electron chi connectivity index (χ3n) is 2.58. The van der Waals surface area contributed by atoms with Crippen LogP contribution in [0.1, 0.15) is 37.6 Å². The molecular formula is C14H21NO2. The summed E-state index contributed by atoms with van der Waals surface area (Å²) in [7, 11) is 1.93. The van der Waals surface area contributed by atoms with Crippen molar-refractivity contribution in [2.45, 2.75) is 32.8 Å². The fraction of sp³-hybridized carbons (Fsp3) is 0.500. The zero-order chi connectivity index (χ0) is 13.1. The van der Waals surface area contributed by atoms with E-state index in [1.807, 2.05) is 43.1 Å². The highest BCUT2D eigenvalue weighted by Gasteiger charge is 2.16. The summed E-state index contributed by atoms with van der Waals surface area (Å²) in [5, 5.41) is 9.73. The molecule has 0 aliphatic rings. The van der Waals surface area contributed by atoms with Gasteiger partial charge in [0.15, 0.2) is 5.78 Å². The standard InChI is InChI=1S/C14H21NO2/c1-5-13(16)11-6-8-12(9-7-11)15(4)10-14(2,3)17/h6-9,17H,5,10H2,1-4H3. The minimum absolute atomic E-state index is 0.154. The van der Waals surface area contributed by atoms with Crippen molar-refractivity contribution in [2.24, 2.45) is 0 Å². The lowest BCUT2D eigenvalue weighted by atomic mass is 10.1. The van der Waals surface area contributed by atoms with E-state index in [1.165, 1.54) is 0 Å². The van der Waals surface area contributed by atoms with Crippen molar-refractivity contribution in [1.82, 2.24) is 0 Å². The van der Waals surface area contributed by atoms with Crippen molar-refractivity contribution < 1.29 is 9.90 Å². The van der Waals surface area contributed by atoms with Gasteiger partial charge in [-0.1, -0.05) is 6.92 Å². The summed E-state index contributed by atoms with van der Waals surface area (Å²) in [6, 6.07) is 7.49. The maximum absolute atomic E-state index is 11.5. The van der Waals surface area contributed by atoms with Gasteiger partial charge in [0.05, 0.1) is 5.60 Å². The Hall–Kier alpha value is -1.35. The summed E-state index contributed by atoms with van der Waals surface area (Å²) >= 11 is 0. The highest BCUT2D eigenvalue weighted by molar-refractivity contribution is 5.96. The number of Topliss-reactive ketones (excluding diaryl/α,β-unsaturated/α-hetero) is 1. The van der Waals surface area contributed by atoms with Crippen LogP contribution in [0.2, 0.25) is 0 Å². The van der Waals surface area contributed by atoms with Gasteiger partial charge in [0.1, 0.15) is 0 Å². The molecule has 1 N–H and O–H groups in total. The van der Waals surface area contributed by atoms with Gasteiger partial charge in [-0.2, -0.15) is 0 Å². The molecule has 0 radical (unpaired) electrons. The van der Waals surface area contributed by atoms with E-state index in [0.29, 0.717) is 13.0 Å². The molecule has 0 amide bonds. The molecule has 0 saturated carbocycles. The van der Waals surface area contributed by atoms with Gasteiger partial charge in [-0.05, 0) is 38.1 Å². The molecule has 3 heteroatoms. The molecule has 3 nitrogen and oxygen atoms in total. The Bertz CT molecular complexity index is 376. The van der Waals surface area contributed by atoms with E-state index in [4.69, 9.17) is 0 Å². The van der Waals surface area contributed by atoms with Crippen LogP contribution in [0, 0.1) is 0 Å². The zero-order valence-corrected chi connectivity index (χ0v) is 11.0. The fourth-order valence-electron chi connectivity index (χ4n) is 1.78. The summed E-state index contributed by atoms with van der Waals surface area (Å²) < 4.78 is 0. The smallest absolute Gasteiger partial charge is 0.162 e. The minimum atomic E-state index is -0.730. The average molecular weight is 235 g/mol. The molecule has 0 heterocycles. The summed E-state index contributed by atoms with van der Waals surface area (Å²) in [5.74, 6) is 0.154. The topological polar surface area (TPSA) is 40.5 Å². The van der Waals surface area contributed by atoms with Crippen molar-refractivity contribution in [2.75, 3.05) is 18.5 Å². The number of carbonyl (C=O) groups excluding carboxylic acids is 1. The Balaban J connectivity index is 2.77. The first-order valence-electron chi connectivity index (χ1n) is 5.90. The summed E-state index contributed by atoms with van der Waals surface area (Å²) in [5.41, 5.74) is 1.01. The van der Waals surface area contributed by atoms with E-state index in [0.717, 1.165) is 11.3 Å². The molecule has 0 bridgehead atoms. The average Bonchev–Trinajstić information content (AvgIpc) is 2.26. The highest BCUT2D eigenvalue weighted by atomic mass is 16.3. The van der Waals surface area contributed by atoms with Crippen molar-refractivity contribution in [3.8, 4) is 0 Å². The van der Waals surface area contributed by atoms with Gasteiger partial charge in [-0.15, -0.1) is 0 Å². The molecule has 0 spiro atoms. The quantitative estimate of drug-likeness (QED) is 0.797. The molecular weight excluding hydrogens is 214 g/mol. The van der Waals surface area contributed by atoms with Crippen LogP contribution in [-0.4, -0.2) is 30.1 Å². The van der Waals surface area contributed by atoms with E-state index in [1.54, 1.807) is 13.8 Å². The van der Waals surface area contributed by atoms with Gasteiger partial charge in [0, 0.05) is 31.3 Å². The second-order valence-corrected chi connectivity index (χ2v) is 4.99. The number of aliphatic hydroxyl groups is 1. The molecule has 0 atom stereocenters. The lowest BCUT2D eigenvalue weighted by molar-refractivity contribution is 0.0885. The van der Waals surface area contributed by atoms with Gasteiger partial charge in [0.2, 0.25) is 0 Å². The maximum Gasteiger partial charge on any atom is 0.162 e. The lowest BCUT2D eigenvalue weighted by Gasteiger charge is -2.27. The molecule has 1 aromatic rings. The Morgan fingerprint density at radius 1 is 1.29 bits per heavy atom. The fourth-order valence-corrected chi connectivity index (χ4v) is 1.78. The number of nitrogens with zero attached hydrogens (tertiary/aromatic N) is 1. The van der Waals surface area contributed by atoms with Gasteiger partial charge in [-0.25, -0.2) is 0 Å². The molecule has 17 heavy (non-hydrogen) atoms. The van der Waals surface area contributed by atoms with Crippen LogP contribution in [-0.2, 0) is 0 Å². The predicted molar refractivity (Wildman–Crippen MR) is 70.6 cm³/mol. The molecule has 0 aliphatic carbocycles. The van der Waals surface area contributed by atoms with Crippen LogP contribution in [0.3, 0.4) is 0 Å². The van der Waals surface area contributed by atoms with Crippen LogP contribution in [0.4, 0.5) is 5.69 Å². The van der Waals surface area contributed by atoms with Crippen LogP contribution < -0.4 is 4.90 Å². The number of hydrogen-bond acceptors (Lipinski definition) is 3. The van der Waals surface area contributed by atoms with Gasteiger partial charge in [-0.3, -0.25) is 4.79 Å². The molecule has 1 aromatic carbocycles. The molecule has 94 valence electrons. The Morgan fingerprint density at radius 3 is 2.24 bits per heavy atom. The zero-order valence-electron chi connectivity index (χ0n) is 11.0.